The Morgan fingerprint density at radius 1 is 1.39 bits per heavy atom. The summed E-state index contributed by atoms with van der Waals surface area (Å²) in [7, 11) is 0. The fourth-order valence-electron chi connectivity index (χ4n) is 2.60. The number of nitrogens with two attached hydrogens (primary N) is 1. The molecule has 2 aromatic rings. The van der Waals surface area contributed by atoms with Gasteiger partial charge >= 0.3 is 0 Å². The highest BCUT2D eigenvalue weighted by molar-refractivity contribution is 5.99. The summed E-state index contributed by atoms with van der Waals surface area (Å²) in [6.07, 6.45) is 2.35. The van der Waals surface area contributed by atoms with E-state index in [-0.39, 0.29) is 29.1 Å². The van der Waals surface area contributed by atoms with Crippen LogP contribution in [0, 0.1) is 11.7 Å². The fraction of sp³-hybridized carbons (Fsp3) is 0.357. The van der Waals surface area contributed by atoms with Crippen LogP contribution in [-0.2, 0) is 0 Å². The predicted octanol–water partition coefficient (Wildman–Crippen LogP) is 2.88. The Morgan fingerprint density at radius 3 is 2.89 bits per heavy atom. The molecule has 4 heteroatoms. The van der Waals surface area contributed by atoms with Crippen molar-refractivity contribution in [3.63, 3.8) is 0 Å². The number of benzene rings is 1. The number of fused-ring (bicyclic) bond motifs is 1. The molecule has 1 heterocycles. The van der Waals surface area contributed by atoms with Gasteiger partial charge < -0.3 is 10.2 Å². The first-order valence-corrected chi connectivity index (χ1v) is 6.13. The standard InChI is InChI=1S/C14H14FNO2/c15-11-3-1-2-9-7-12(18-14(9)11)13(17)8-4-5-10(16)6-8/h1-3,7-8,10H,4-6,16H2. The minimum absolute atomic E-state index is 0.0569. The molecule has 0 amide bonds. The molecule has 1 saturated carbocycles. The Balaban J connectivity index is 1.95. The quantitative estimate of drug-likeness (QED) is 0.830. The van der Waals surface area contributed by atoms with E-state index in [1.54, 1.807) is 18.2 Å². The van der Waals surface area contributed by atoms with Gasteiger partial charge in [0.05, 0.1) is 0 Å². The van der Waals surface area contributed by atoms with Crippen LogP contribution in [0.4, 0.5) is 4.39 Å². The molecule has 1 aliphatic rings. The highest BCUT2D eigenvalue weighted by Gasteiger charge is 2.30. The molecule has 0 radical (unpaired) electrons. The molecule has 0 spiro atoms. The van der Waals surface area contributed by atoms with Crippen molar-refractivity contribution in [1.82, 2.24) is 0 Å². The lowest BCUT2D eigenvalue weighted by molar-refractivity contribution is 0.0895. The van der Waals surface area contributed by atoms with Gasteiger partial charge in [0.25, 0.3) is 0 Å². The lowest BCUT2D eigenvalue weighted by Crippen LogP contribution is -2.17. The normalized spacial score (nSPS) is 23.7. The van der Waals surface area contributed by atoms with Gasteiger partial charge in [-0.05, 0) is 31.4 Å². The molecule has 0 bridgehead atoms. The molecular weight excluding hydrogens is 233 g/mol. The van der Waals surface area contributed by atoms with Gasteiger partial charge in [0.2, 0.25) is 5.78 Å². The summed E-state index contributed by atoms with van der Waals surface area (Å²) in [4.78, 5) is 12.2. The molecule has 2 atom stereocenters. The minimum Gasteiger partial charge on any atom is -0.450 e. The number of ketones is 1. The number of carbonyl (C=O) groups excluding carboxylic acids is 1. The van der Waals surface area contributed by atoms with Crippen LogP contribution in [0.15, 0.2) is 28.7 Å². The number of hydrogen-bond acceptors (Lipinski definition) is 3. The summed E-state index contributed by atoms with van der Waals surface area (Å²) in [6.45, 7) is 0. The maximum absolute atomic E-state index is 13.5. The van der Waals surface area contributed by atoms with E-state index in [4.69, 9.17) is 10.2 Å². The Kier molecular flexibility index (Phi) is 2.67. The summed E-state index contributed by atoms with van der Waals surface area (Å²) in [5.41, 5.74) is 5.95. The van der Waals surface area contributed by atoms with Crippen LogP contribution in [0.25, 0.3) is 11.0 Å². The Morgan fingerprint density at radius 2 is 2.22 bits per heavy atom. The van der Waals surface area contributed by atoms with Crippen LogP contribution >= 0.6 is 0 Å². The molecule has 3 rings (SSSR count). The van der Waals surface area contributed by atoms with Crippen molar-refractivity contribution in [3.05, 3.63) is 35.8 Å². The SMILES string of the molecule is NC1CCC(C(=O)c2cc3cccc(F)c3o2)C1. The van der Waals surface area contributed by atoms with Gasteiger partial charge in [0, 0.05) is 17.3 Å². The Bertz CT molecular complexity index is 605. The second-order valence-electron chi connectivity index (χ2n) is 4.90. The third kappa shape index (κ3) is 1.82. The maximum Gasteiger partial charge on any atom is 0.201 e. The van der Waals surface area contributed by atoms with Crippen LogP contribution in [0.5, 0.6) is 0 Å². The third-order valence-electron chi connectivity index (χ3n) is 3.58. The second kappa shape index (κ2) is 4.21. The van der Waals surface area contributed by atoms with Gasteiger partial charge in [-0.2, -0.15) is 0 Å². The van der Waals surface area contributed by atoms with Crippen LogP contribution in [-0.4, -0.2) is 11.8 Å². The largest absolute Gasteiger partial charge is 0.450 e. The van der Waals surface area contributed by atoms with Crippen molar-refractivity contribution in [2.24, 2.45) is 11.7 Å². The minimum atomic E-state index is -0.435. The van der Waals surface area contributed by atoms with Crippen LogP contribution in [0.2, 0.25) is 0 Å². The predicted molar refractivity (Wildman–Crippen MR) is 65.8 cm³/mol. The topological polar surface area (TPSA) is 56.2 Å². The first-order valence-electron chi connectivity index (χ1n) is 6.13. The number of Topliss-reactive ketones (excluding diaryl/α,β-unsaturated/α-hetero) is 1. The molecule has 0 saturated heterocycles. The molecule has 1 fully saturated rings. The van der Waals surface area contributed by atoms with Crippen molar-refractivity contribution >= 4 is 16.8 Å². The van der Waals surface area contributed by atoms with Crippen molar-refractivity contribution in [3.8, 4) is 0 Å². The van der Waals surface area contributed by atoms with Gasteiger partial charge in [0.15, 0.2) is 17.2 Å². The summed E-state index contributed by atoms with van der Waals surface area (Å²) in [5, 5.41) is 0.626. The van der Waals surface area contributed by atoms with E-state index in [2.05, 4.69) is 0 Å². The molecule has 18 heavy (non-hydrogen) atoms. The van der Waals surface area contributed by atoms with Crippen molar-refractivity contribution in [1.29, 1.82) is 0 Å². The molecule has 94 valence electrons. The van der Waals surface area contributed by atoms with Gasteiger partial charge in [-0.1, -0.05) is 12.1 Å². The van der Waals surface area contributed by atoms with Crippen LogP contribution in [0.3, 0.4) is 0 Å². The van der Waals surface area contributed by atoms with Crippen molar-refractivity contribution in [2.75, 3.05) is 0 Å². The number of halogens is 1. The Labute approximate surface area is 104 Å². The zero-order valence-corrected chi connectivity index (χ0v) is 9.86. The van der Waals surface area contributed by atoms with Gasteiger partial charge in [-0.15, -0.1) is 0 Å². The molecular formula is C14H14FNO2. The third-order valence-corrected chi connectivity index (χ3v) is 3.58. The first-order chi connectivity index (χ1) is 8.65. The lowest BCUT2D eigenvalue weighted by Gasteiger charge is -2.04. The van der Waals surface area contributed by atoms with Gasteiger partial charge in [-0.25, -0.2) is 4.39 Å². The number of carbonyl (C=O) groups is 1. The lowest BCUT2D eigenvalue weighted by atomic mass is 10.0. The summed E-state index contributed by atoms with van der Waals surface area (Å²) < 4.78 is 18.8. The number of hydrogen-bond donors (Lipinski definition) is 1. The number of furan rings is 1. The number of rotatable bonds is 2. The Hall–Kier alpha value is -1.68. The monoisotopic (exact) mass is 247 g/mol. The fourth-order valence-corrected chi connectivity index (χ4v) is 2.60. The van der Waals surface area contributed by atoms with E-state index in [1.807, 2.05) is 0 Å². The second-order valence-corrected chi connectivity index (χ2v) is 4.90. The summed E-state index contributed by atoms with van der Waals surface area (Å²) >= 11 is 0. The van der Waals surface area contributed by atoms with E-state index in [1.165, 1.54) is 6.07 Å². The highest BCUT2D eigenvalue weighted by atomic mass is 19.1. The van der Waals surface area contributed by atoms with Gasteiger partial charge in [-0.3, -0.25) is 4.79 Å². The average Bonchev–Trinajstić information content (AvgIpc) is 2.95. The van der Waals surface area contributed by atoms with E-state index in [9.17, 15) is 9.18 Å². The molecule has 1 aromatic heterocycles. The smallest absolute Gasteiger partial charge is 0.201 e. The molecule has 1 aromatic carbocycles. The zero-order chi connectivity index (χ0) is 12.7. The molecule has 2 N–H and O–H groups in total. The summed E-state index contributed by atoms with van der Waals surface area (Å²) in [5.74, 6) is -0.328. The van der Waals surface area contributed by atoms with Crippen LogP contribution < -0.4 is 5.73 Å². The first kappa shape index (κ1) is 11.4. The zero-order valence-electron chi connectivity index (χ0n) is 9.86. The van der Waals surface area contributed by atoms with Crippen LogP contribution in [0.1, 0.15) is 29.8 Å². The summed E-state index contributed by atoms with van der Waals surface area (Å²) in [6, 6.07) is 6.38. The highest BCUT2D eigenvalue weighted by Crippen LogP contribution is 2.30. The van der Waals surface area contributed by atoms with Crippen molar-refractivity contribution < 1.29 is 13.6 Å². The van der Waals surface area contributed by atoms with Crippen molar-refractivity contribution in [2.45, 2.75) is 25.3 Å². The maximum atomic E-state index is 13.5. The van der Waals surface area contributed by atoms with E-state index < -0.39 is 5.82 Å². The average molecular weight is 247 g/mol. The van der Waals surface area contributed by atoms with E-state index >= 15 is 0 Å². The molecule has 2 unspecified atom stereocenters. The van der Waals surface area contributed by atoms with E-state index in [0.717, 1.165) is 12.8 Å². The van der Waals surface area contributed by atoms with Gasteiger partial charge in [0.1, 0.15) is 0 Å². The van der Waals surface area contributed by atoms with E-state index in [0.29, 0.717) is 11.8 Å². The molecule has 0 aliphatic heterocycles. The molecule has 3 nitrogen and oxygen atoms in total. The molecule has 1 aliphatic carbocycles. The number of para-hydroxylation sites is 1.